The van der Waals surface area contributed by atoms with Gasteiger partial charge in [0.05, 0.1) is 15.4 Å². The lowest BCUT2D eigenvalue weighted by Gasteiger charge is -2.17. The number of primary amides is 1. The Morgan fingerprint density at radius 2 is 1.93 bits per heavy atom. The van der Waals surface area contributed by atoms with Gasteiger partial charge in [0.2, 0.25) is 0 Å². The summed E-state index contributed by atoms with van der Waals surface area (Å²) in [4.78, 5) is 19.0. The van der Waals surface area contributed by atoms with Crippen molar-refractivity contribution < 1.29 is 18.3 Å². The standard InChI is InChI=1S/C20H19F2N3O2S.C2H6/c1-25(8-9-27-17-5-3-14(21)10-15(17)22)12-13-2-4-16(24-11-13)18-6-7-19(28-18)20(23)26;1-2/h2-7,10-11H,8-9,12H2,1H3,(H2,23,26);1-2H3. The number of nitrogens with zero attached hydrogens (tertiary/aromatic N) is 2. The number of pyridine rings is 1. The van der Waals surface area contributed by atoms with E-state index in [1.165, 1.54) is 17.4 Å². The van der Waals surface area contributed by atoms with E-state index in [1.807, 2.05) is 44.0 Å². The highest BCUT2D eigenvalue weighted by Gasteiger charge is 2.09. The van der Waals surface area contributed by atoms with Crippen LogP contribution in [0.4, 0.5) is 8.78 Å². The predicted octanol–water partition coefficient (Wildman–Crippen LogP) is 4.72. The van der Waals surface area contributed by atoms with E-state index in [1.54, 1.807) is 12.3 Å². The Kier molecular flexibility index (Phi) is 8.89. The van der Waals surface area contributed by atoms with Crippen LogP contribution in [0.2, 0.25) is 0 Å². The van der Waals surface area contributed by atoms with Gasteiger partial charge < -0.3 is 10.5 Å². The number of thiophene rings is 1. The Morgan fingerprint density at radius 1 is 1.17 bits per heavy atom. The molecule has 0 fully saturated rings. The number of amides is 1. The number of aromatic nitrogens is 1. The summed E-state index contributed by atoms with van der Waals surface area (Å²) in [5.41, 5.74) is 7.06. The molecule has 0 aliphatic rings. The molecule has 0 saturated heterocycles. The SMILES string of the molecule is CC.CN(CCOc1ccc(F)cc1F)Cc1ccc(-c2ccc(C(N)=O)s2)nc1. The number of likely N-dealkylation sites (N-methyl/N-ethyl adjacent to an activating group) is 1. The number of hydrogen-bond donors (Lipinski definition) is 1. The molecule has 1 aromatic carbocycles. The number of ether oxygens (including phenoxy) is 1. The van der Waals surface area contributed by atoms with Crippen LogP contribution in [0, 0.1) is 11.6 Å². The Balaban J connectivity index is 0.00000155. The van der Waals surface area contributed by atoms with Crippen LogP contribution in [0.3, 0.4) is 0 Å². The second-order valence-electron chi connectivity index (χ2n) is 6.24. The Labute approximate surface area is 179 Å². The first-order chi connectivity index (χ1) is 14.4. The summed E-state index contributed by atoms with van der Waals surface area (Å²) in [6.07, 6.45) is 1.77. The van der Waals surface area contributed by atoms with Crippen LogP contribution >= 0.6 is 11.3 Å². The van der Waals surface area contributed by atoms with Crippen LogP contribution in [-0.2, 0) is 6.54 Å². The lowest BCUT2D eigenvalue weighted by Crippen LogP contribution is -2.24. The molecule has 0 unspecified atom stereocenters. The molecule has 160 valence electrons. The van der Waals surface area contributed by atoms with E-state index in [0.717, 1.165) is 28.3 Å². The highest BCUT2D eigenvalue weighted by molar-refractivity contribution is 7.17. The molecule has 0 aliphatic heterocycles. The molecule has 3 rings (SSSR count). The van der Waals surface area contributed by atoms with Gasteiger partial charge in [0.1, 0.15) is 12.4 Å². The van der Waals surface area contributed by atoms with Crippen molar-refractivity contribution in [3.05, 3.63) is 70.7 Å². The average Bonchev–Trinajstić information content (AvgIpc) is 3.22. The fourth-order valence-corrected chi connectivity index (χ4v) is 3.40. The summed E-state index contributed by atoms with van der Waals surface area (Å²) < 4.78 is 31.8. The van der Waals surface area contributed by atoms with Gasteiger partial charge in [-0.25, -0.2) is 8.78 Å². The van der Waals surface area contributed by atoms with Crippen molar-refractivity contribution in [2.75, 3.05) is 20.2 Å². The number of benzene rings is 1. The van der Waals surface area contributed by atoms with E-state index in [0.29, 0.717) is 18.0 Å². The first kappa shape index (κ1) is 23.4. The summed E-state index contributed by atoms with van der Waals surface area (Å²) in [5.74, 6) is -1.76. The van der Waals surface area contributed by atoms with E-state index in [-0.39, 0.29) is 12.4 Å². The van der Waals surface area contributed by atoms with E-state index in [9.17, 15) is 13.6 Å². The zero-order valence-corrected chi connectivity index (χ0v) is 18.0. The van der Waals surface area contributed by atoms with Gasteiger partial charge in [-0.15, -0.1) is 11.3 Å². The molecule has 0 atom stereocenters. The van der Waals surface area contributed by atoms with Gasteiger partial charge in [-0.1, -0.05) is 19.9 Å². The van der Waals surface area contributed by atoms with Gasteiger partial charge in [-0.3, -0.25) is 14.7 Å². The zero-order valence-electron chi connectivity index (χ0n) is 17.2. The van der Waals surface area contributed by atoms with Crippen LogP contribution in [0.1, 0.15) is 29.1 Å². The van der Waals surface area contributed by atoms with Crippen molar-refractivity contribution in [1.29, 1.82) is 0 Å². The maximum absolute atomic E-state index is 13.5. The third-order valence-corrected chi connectivity index (χ3v) is 5.13. The average molecular weight is 434 g/mol. The number of hydrogen-bond acceptors (Lipinski definition) is 5. The van der Waals surface area contributed by atoms with Crippen LogP contribution < -0.4 is 10.5 Å². The molecule has 3 aromatic rings. The quantitative estimate of drug-likeness (QED) is 0.558. The van der Waals surface area contributed by atoms with E-state index >= 15 is 0 Å². The normalized spacial score (nSPS) is 10.5. The lowest BCUT2D eigenvalue weighted by atomic mass is 10.2. The summed E-state index contributed by atoms with van der Waals surface area (Å²) >= 11 is 1.31. The molecule has 0 saturated carbocycles. The van der Waals surface area contributed by atoms with E-state index in [4.69, 9.17) is 10.5 Å². The molecule has 0 bridgehead atoms. The molecule has 5 nitrogen and oxygen atoms in total. The number of rotatable bonds is 8. The largest absolute Gasteiger partial charge is 0.489 e. The zero-order chi connectivity index (χ0) is 22.1. The molecule has 0 spiro atoms. The number of carbonyl (C=O) groups is 1. The molecule has 2 N–H and O–H groups in total. The van der Waals surface area contributed by atoms with Crippen LogP contribution in [-0.4, -0.2) is 36.0 Å². The second-order valence-corrected chi connectivity index (χ2v) is 7.32. The van der Waals surface area contributed by atoms with Crippen LogP contribution in [0.25, 0.3) is 10.6 Å². The predicted molar refractivity (Wildman–Crippen MR) is 116 cm³/mol. The van der Waals surface area contributed by atoms with Crippen LogP contribution in [0.5, 0.6) is 5.75 Å². The second kappa shape index (κ2) is 11.4. The minimum atomic E-state index is -0.712. The number of halogens is 2. The summed E-state index contributed by atoms with van der Waals surface area (Å²) in [7, 11) is 1.91. The fourth-order valence-electron chi connectivity index (χ4n) is 2.57. The molecule has 2 aromatic heterocycles. The molecule has 1 amide bonds. The Bertz CT molecular complexity index is 961. The smallest absolute Gasteiger partial charge is 0.258 e. The number of nitrogens with two attached hydrogens (primary N) is 1. The summed E-state index contributed by atoms with van der Waals surface area (Å²) in [6, 6.07) is 10.6. The third kappa shape index (κ3) is 6.60. The highest BCUT2D eigenvalue weighted by atomic mass is 32.1. The monoisotopic (exact) mass is 433 g/mol. The molecular formula is C22H25F2N3O2S. The van der Waals surface area contributed by atoms with Gasteiger partial charge in [0.15, 0.2) is 11.6 Å². The van der Waals surface area contributed by atoms with E-state index < -0.39 is 17.5 Å². The van der Waals surface area contributed by atoms with E-state index in [2.05, 4.69) is 4.98 Å². The Morgan fingerprint density at radius 3 is 2.53 bits per heavy atom. The number of carbonyl (C=O) groups excluding carboxylic acids is 1. The highest BCUT2D eigenvalue weighted by Crippen LogP contribution is 2.26. The van der Waals surface area contributed by atoms with Gasteiger partial charge in [-0.05, 0) is 42.9 Å². The molecule has 0 radical (unpaired) electrons. The topological polar surface area (TPSA) is 68.5 Å². The molecule has 2 heterocycles. The Hall–Kier alpha value is -2.84. The summed E-state index contributed by atoms with van der Waals surface area (Å²) in [6.45, 7) is 5.47. The third-order valence-electron chi connectivity index (χ3n) is 4.00. The van der Waals surface area contributed by atoms with Crippen molar-refractivity contribution >= 4 is 17.2 Å². The van der Waals surface area contributed by atoms with Crippen molar-refractivity contribution in [2.24, 2.45) is 5.73 Å². The first-order valence-electron chi connectivity index (χ1n) is 9.53. The van der Waals surface area contributed by atoms with Crippen molar-refractivity contribution in [2.45, 2.75) is 20.4 Å². The summed E-state index contributed by atoms with van der Waals surface area (Å²) in [5, 5.41) is 0. The first-order valence-corrected chi connectivity index (χ1v) is 10.4. The minimum Gasteiger partial charge on any atom is -0.489 e. The molecule has 8 heteroatoms. The molecular weight excluding hydrogens is 408 g/mol. The van der Waals surface area contributed by atoms with Crippen molar-refractivity contribution in [1.82, 2.24) is 9.88 Å². The maximum atomic E-state index is 13.5. The maximum Gasteiger partial charge on any atom is 0.258 e. The minimum absolute atomic E-state index is 0.0343. The van der Waals surface area contributed by atoms with Gasteiger partial charge in [0, 0.05) is 25.4 Å². The van der Waals surface area contributed by atoms with Crippen LogP contribution in [0.15, 0.2) is 48.7 Å². The molecule has 0 aliphatic carbocycles. The van der Waals surface area contributed by atoms with Gasteiger partial charge in [0.25, 0.3) is 5.91 Å². The molecule has 30 heavy (non-hydrogen) atoms. The van der Waals surface area contributed by atoms with Gasteiger partial charge in [-0.2, -0.15) is 0 Å². The van der Waals surface area contributed by atoms with Crippen molar-refractivity contribution in [3.63, 3.8) is 0 Å². The lowest BCUT2D eigenvalue weighted by molar-refractivity contribution is 0.100. The van der Waals surface area contributed by atoms with Gasteiger partial charge >= 0.3 is 0 Å². The fraction of sp³-hybridized carbons (Fsp3) is 0.273. The van der Waals surface area contributed by atoms with Crippen molar-refractivity contribution in [3.8, 4) is 16.3 Å².